The van der Waals surface area contributed by atoms with Crippen LogP contribution in [0, 0.1) is 0 Å². The molecule has 2 aromatic carbocycles. The van der Waals surface area contributed by atoms with Crippen molar-refractivity contribution in [2.24, 2.45) is 0 Å². The van der Waals surface area contributed by atoms with E-state index in [1.807, 2.05) is 18.2 Å². The van der Waals surface area contributed by atoms with Gasteiger partial charge < -0.3 is 10.1 Å². The van der Waals surface area contributed by atoms with Crippen LogP contribution in [0.15, 0.2) is 42.5 Å². The molecule has 0 heterocycles. The highest BCUT2D eigenvalue weighted by Crippen LogP contribution is 2.33. The molecule has 0 spiro atoms. The molecule has 1 N–H and O–H groups in total. The number of benzene rings is 2. The fraction of sp³-hybridized carbons (Fsp3) is 0.316. The molecule has 0 aliphatic carbocycles. The number of para-hydroxylation sites is 1. The second-order valence-corrected chi connectivity index (χ2v) is 8.81. The number of anilines is 1. The SMILES string of the molecule is CC[C@@H](C(=O)NCc1ccccc1OC)N(c1cc(Cl)ccc1Cl)S(C)(=O)=O. The third-order valence-electron chi connectivity index (χ3n) is 4.12. The smallest absolute Gasteiger partial charge is 0.244 e. The van der Waals surface area contributed by atoms with Gasteiger partial charge in [-0.25, -0.2) is 8.42 Å². The van der Waals surface area contributed by atoms with Crippen molar-refractivity contribution in [2.75, 3.05) is 17.7 Å². The molecule has 1 amide bonds. The van der Waals surface area contributed by atoms with Crippen molar-refractivity contribution < 1.29 is 17.9 Å². The molecule has 6 nitrogen and oxygen atoms in total. The number of amides is 1. The summed E-state index contributed by atoms with van der Waals surface area (Å²) in [5, 5.41) is 3.28. The predicted molar refractivity (Wildman–Crippen MR) is 113 cm³/mol. The monoisotopic (exact) mass is 444 g/mol. The Bertz CT molecular complexity index is 951. The molecule has 0 unspecified atom stereocenters. The Kier molecular flexibility index (Phi) is 7.57. The average Bonchev–Trinajstić information content (AvgIpc) is 2.65. The van der Waals surface area contributed by atoms with E-state index < -0.39 is 22.0 Å². The molecule has 2 aromatic rings. The van der Waals surface area contributed by atoms with Crippen LogP contribution in [0.2, 0.25) is 10.0 Å². The van der Waals surface area contributed by atoms with Gasteiger partial charge >= 0.3 is 0 Å². The minimum absolute atomic E-state index is 0.163. The number of ether oxygens (including phenoxy) is 1. The van der Waals surface area contributed by atoms with Gasteiger partial charge in [-0.1, -0.05) is 48.3 Å². The highest BCUT2D eigenvalue weighted by Gasteiger charge is 2.32. The van der Waals surface area contributed by atoms with E-state index in [0.717, 1.165) is 16.1 Å². The van der Waals surface area contributed by atoms with E-state index in [4.69, 9.17) is 27.9 Å². The third-order valence-corrected chi connectivity index (χ3v) is 5.84. The highest BCUT2D eigenvalue weighted by atomic mass is 35.5. The molecule has 2 rings (SSSR count). The van der Waals surface area contributed by atoms with Gasteiger partial charge in [0, 0.05) is 17.1 Å². The predicted octanol–water partition coefficient (Wildman–Crippen LogP) is 3.86. The lowest BCUT2D eigenvalue weighted by Crippen LogP contribution is -2.49. The number of methoxy groups -OCH3 is 1. The van der Waals surface area contributed by atoms with Crippen LogP contribution < -0.4 is 14.4 Å². The van der Waals surface area contributed by atoms with Gasteiger partial charge in [-0.2, -0.15) is 0 Å². The van der Waals surface area contributed by atoms with E-state index in [-0.39, 0.29) is 23.7 Å². The van der Waals surface area contributed by atoms with Crippen LogP contribution in [0.25, 0.3) is 0 Å². The Hall–Kier alpha value is -1.96. The summed E-state index contributed by atoms with van der Waals surface area (Å²) in [4.78, 5) is 12.9. The van der Waals surface area contributed by atoms with Gasteiger partial charge in [0.25, 0.3) is 0 Å². The molecule has 28 heavy (non-hydrogen) atoms. The van der Waals surface area contributed by atoms with Crippen LogP contribution in [0.5, 0.6) is 5.75 Å². The first kappa shape index (κ1) is 22.3. The first-order valence-corrected chi connectivity index (χ1v) is 11.1. The van der Waals surface area contributed by atoms with Crippen molar-refractivity contribution in [3.63, 3.8) is 0 Å². The molecule has 0 aromatic heterocycles. The van der Waals surface area contributed by atoms with Crippen LogP contribution in [0.4, 0.5) is 5.69 Å². The van der Waals surface area contributed by atoms with Crippen LogP contribution in [0.3, 0.4) is 0 Å². The number of carbonyl (C=O) groups excluding carboxylic acids is 1. The van der Waals surface area contributed by atoms with Gasteiger partial charge in [0.2, 0.25) is 15.9 Å². The number of nitrogens with one attached hydrogen (secondary N) is 1. The molecule has 1 atom stereocenters. The lowest BCUT2D eigenvalue weighted by molar-refractivity contribution is -0.122. The topological polar surface area (TPSA) is 75.7 Å². The number of carbonyl (C=O) groups is 1. The number of rotatable bonds is 8. The molecular formula is C19H22Cl2N2O4S. The van der Waals surface area contributed by atoms with Crippen molar-refractivity contribution >= 4 is 44.8 Å². The highest BCUT2D eigenvalue weighted by molar-refractivity contribution is 7.92. The molecule has 0 aliphatic rings. The van der Waals surface area contributed by atoms with Crippen molar-refractivity contribution in [3.05, 3.63) is 58.1 Å². The minimum Gasteiger partial charge on any atom is -0.496 e. The van der Waals surface area contributed by atoms with Crippen LogP contribution in [0.1, 0.15) is 18.9 Å². The maximum atomic E-state index is 12.9. The molecule has 0 fully saturated rings. The minimum atomic E-state index is -3.80. The van der Waals surface area contributed by atoms with Crippen LogP contribution >= 0.6 is 23.2 Å². The summed E-state index contributed by atoms with van der Waals surface area (Å²) >= 11 is 12.2. The van der Waals surface area contributed by atoms with Gasteiger partial charge in [0.05, 0.1) is 24.1 Å². The second-order valence-electron chi connectivity index (χ2n) is 6.11. The zero-order valence-electron chi connectivity index (χ0n) is 15.8. The summed E-state index contributed by atoms with van der Waals surface area (Å²) < 4.78 is 31.3. The van der Waals surface area contributed by atoms with E-state index in [1.165, 1.54) is 12.1 Å². The lowest BCUT2D eigenvalue weighted by atomic mass is 10.1. The molecule has 0 radical (unpaired) electrons. The number of nitrogens with zero attached hydrogens (tertiary/aromatic N) is 1. The summed E-state index contributed by atoms with van der Waals surface area (Å²) in [6.07, 6.45) is 1.27. The Balaban J connectivity index is 2.33. The van der Waals surface area contributed by atoms with Gasteiger partial charge in [-0.05, 0) is 30.7 Å². The van der Waals surface area contributed by atoms with E-state index in [9.17, 15) is 13.2 Å². The fourth-order valence-electron chi connectivity index (χ4n) is 2.84. The summed E-state index contributed by atoms with van der Waals surface area (Å²) in [6, 6.07) is 10.8. The Labute approximate surface area is 175 Å². The molecule has 0 bridgehead atoms. The van der Waals surface area contributed by atoms with E-state index >= 15 is 0 Å². The maximum absolute atomic E-state index is 12.9. The Morgan fingerprint density at radius 2 is 1.89 bits per heavy atom. The van der Waals surface area contributed by atoms with Gasteiger partial charge in [-0.15, -0.1) is 0 Å². The zero-order valence-corrected chi connectivity index (χ0v) is 18.1. The molecule has 9 heteroatoms. The summed E-state index contributed by atoms with van der Waals surface area (Å²) in [5.41, 5.74) is 0.941. The number of sulfonamides is 1. The molecule has 0 saturated heterocycles. The average molecular weight is 445 g/mol. The first-order chi connectivity index (χ1) is 13.2. The van der Waals surface area contributed by atoms with E-state index in [0.29, 0.717) is 10.8 Å². The number of halogens is 2. The Morgan fingerprint density at radius 3 is 2.50 bits per heavy atom. The molecule has 0 aliphatic heterocycles. The first-order valence-electron chi connectivity index (χ1n) is 8.53. The molecule has 0 saturated carbocycles. The second kappa shape index (κ2) is 9.49. The maximum Gasteiger partial charge on any atom is 0.244 e. The van der Waals surface area contributed by atoms with E-state index in [2.05, 4.69) is 5.32 Å². The van der Waals surface area contributed by atoms with Gasteiger partial charge in [-0.3, -0.25) is 9.10 Å². The summed E-state index contributed by atoms with van der Waals surface area (Å²) in [5.74, 6) is 0.184. The lowest BCUT2D eigenvalue weighted by Gasteiger charge is -2.31. The van der Waals surface area contributed by atoms with Crippen molar-refractivity contribution in [2.45, 2.75) is 25.9 Å². The largest absolute Gasteiger partial charge is 0.496 e. The van der Waals surface area contributed by atoms with Crippen molar-refractivity contribution in [3.8, 4) is 5.75 Å². The van der Waals surface area contributed by atoms with E-state index in [1.54, 1.807) is 26.2 Å². The van der Waals surface area contributed by atoms with Crippen LogP contribution in [-0.4, -0.2) is 33.7 Å². The molecular weight excluding hydrogens is 423 g/mol. The summed E-state index contributed by atoms with van der Waals surface area (Å²) in [6.45, 7) is 1.92. The zero-order chi connectivity index (χ0) is 20.9. The van der Waals surface area contributed by atoms with Gasteiger partial charge in [0.15, 0.2) is 0 Å². The summed E-state index contributed by atoms with van der Waals surface area (Å²) in [7, 11) is -2.26. The van der Waals surface area contributed by atoms with Gasteiger partial charge in [0.1, 0.15) is 11.8 Å². The number of hydrogen-bond acceptors (Lipinski definition) is 4. The van der Waals surface area contributed by atoms with Crippen molar-refractivity contribution in [1.29, 1.82) is 0 Å². The Morgan fingerprint density at radius 1 is 1.21 bits per heavy atom. The quantitative estimate of drug-likeness (QED) is 0.670. The standard InChI is InChI=1S/C19H22Cl2N2O4S/c1-4-16(19(24)22-12-13-7-5-6-8-18(13)27-2)23(28(3,25)26)17-11-14(20)9-10-15(17)21/h5-11,16H,4,12H2,1-3H3,(H,22,24)/t16-/m0/s1. The van der Waals surface area contributed by atoms with Crippen molar-refractivity contribution in [1.82, 2.24) is 5.32 Å². The fourth-order valence-corrected chi connectivity index (χ4v) is 4.48. The van der Waals surface area contributed by atoms with Crippen LogP contribution in [-0.2, 0) is 21.4 Å². The molecule has 152 valence electrons. The third kappa shape index (κ3) is 5.31. The normalized spacial score (nSPS) is 12.3. The number of hydrogen-bond donors (Lipinski definition) is 1.